The van der Waals surface area contributed by atoms with E-state index in [0.717, 1.165) is 15.7 Å². The van der Waals surface area contributed by atoms with Crippen LogP contribution in [0.5, 0.6) is 0 Å². The third-order valence-corrected chi connectivity index (χ3v) is 3.50. The van der Waals surface area contributed by atoms with Crippen LogP contribution < -0.4 is 5.73 Å². The number of aromatic nitrogens is 3. The largest absolute Gasteiger partial charge is 0.367 e. The summed E-state index contributed by atoms with van der Waals surface area (Å²) in [5, 5.41) is 4.12. The van der Waals surface area contributed by atoms with Gasteiger partial charge in [0.1, 0.15) is 18.2 Å². The van der Waals surface area contributed by atoms with Gasteiger partial charge < -0.3 is 5.73 Å². The predicted molar refractivity (Wildman–Crippen MR) is 75.3 cm³/mol. The zero-order chi connectivity index (χ0) is 12.6. The standard InChI is InChI=1S/C11H13BrN4Si/c1-17(2,3)5-4-8-6-10(12)16-9(8)7-14-11(13)15-16/h6-7H,1-3H3,(H2,13,15). The van der Waals surface area contributed by atoms with Crippen molar-refractivity contribution in [3.63, 3.8) is 0 Å². The van der Waals surface area contributed by atoms with Gasteiger partial charge in [-0.05, 0) is 22.0 Å². The van der Waals surface area contributed by atoms with E-state index in [2.05, 4.69) is 57.1 Å². The number of anilines is 1. The van der Waals surface area contributed by atoms with E-state index in [4.69, 9.17) is 5.73 Å². The summed E-state index contributed by atoms with van der Waals surface area (Å²) in [5.41, 5.74) is 10.7. The van der Waals surface area contributed by atoms with Crippen molar-refractivity contribution in [2.24, 2.45) is 0 Å². The summed E-state index contributed by atoms with van der Waals surface area (Å²) >= 11 is 3.43. The smallest absolute Gasteiger partial charge is 0.238 e. The van der Waals surface area contributed by atoms with Gasteiger partial charge in [-0.2, -0.15) is 0 Å². The second kappa shape index (κ2) is 4.16. The predicted octanol–water partition coefficient (Wildman–Crippen LogP) is 2.30. The first-order chi connectivity index (χ1) is 7.87. The van der Waals surface area contributed by atoms with E-state index in [1.807, 2.05) is 6.07 Å². The van der Waals surface area contributed by atoms with Crippen molar-refractivity contribution in [1.82, 2.24) is 14.6 Å². The normalized spacial score (nSPS) is 11.3. The molecular weight excluding hydrogens is 296 g/mol. The highest BCUT2D eigenvalue weighted by molar-refractivity contribution is 9.10. The van der Waals surface area contributed by atoms with Crippen molar-refractivity contribution in [2.45, 2.75) is 19.6 Å². The van der Waals surface area contributed by atoms with Gasteiger partial charge in [-0.15, -0.1) is 10.6 Å². The molecule has 0 spiro atoms. The number of nitrogens with two attached hydrogens (primary N) is 1. The quantitative estimate of drug-likeness (QED) is 0.600. The Morgan fingerprint density at radius 1 is 1.41 bits per heavy atom. The summed E-state index contributed by atoms with van der Waals surface area (Å²) in [6.07, 6.45) is 1.70. The maximum absolute atomic E-state index is 5.55. The third-order valence-electron chi connectivity index (χ3n) is 2.06. The molecular formula is C11H13BrN4Si. The molecule has 0 atom stereocenters. The molecule has 0 saturated heterocycles. The molecule has 0 fully saturated rings. The summed E-state index contributed by atoms with van der Waals surface area (Å²) in [5.74, 6) is 3.46. The lowest BCUT2D eigenvalue weighted by Gasteiger charge is -2.02. The maximum atomic E-state index is 5.55. The van der Waals surface area contributed by atoms with Gasteiger partial charge in [-0.3, -0.25) is 0 Å². The highest BCUT2D eigenvalue weighted by atomic mass is 79.9. The van der Waals surface area contributed by atoms with Gasteiger partial charge in [-0.25, -0.2) is 9.50 Å². The number of fused-ring (bicyclic) bond motifs is 1. The molecule has 2 heterocycles. The molecule has 0 aromatic carbocycles. The van der Waals surface area contributed by atoms with Gasteiger partial charge in [0.25, 0.3) is 0 Å². The van der Waals surface area contributed by atoms with E-state index in [-0.39, 0.29) is 5.95 Å². The van der Waals surface area contributed by atoms with Crippen LogP contribution in [0.4, 0.5) is 5.95 Å². The van der Waals surface area contributed by atoms with Crippen LogP contribution in [0.15, 0.2) is 16.9 Å². The fourth-order valence-electron chi connectivity index (χ4n) is 1.32. The third kappa shape index (κ3) is 2.68. The van der Waals surface area contributed by atoms with Crippen molar-refractivity contribution >= 4 is 35.5 Å². The SMILES string of the molecule is C[Si](C)(C)C#Cc1cc(Br)n2nc(N)ncc12. The van der Waals surface area contributed by atoms with Gasteiger partial charge in [0.05, 0.1) is 11.8 Å². The molecule has 4 nitrogen and oxygen atoms in total. The Morgan fingerprint density at radius 2 is 2.12 bits per heavy atom. The maximum Gasteiger partial charge on any atom is 0.238 e. The first-order valence-corrected chi connectivity index (χ1v) is 9.49. The highest BCUT2D eigenvalue weighted by Crippen LogP contribution is 2.19. The van der Waals surface area contributed by atoms with Crippen molar-refractivity contribution in [3.05, 3.63) is 22.4 Å². The molecule has 0 aliphatic rings. The first-order valence-electron chi connectivity index (χ1n) is 5.20. The average Bonchev–Trinajstić information content (AvgIpc) is 2.52. The van der Waals surface area contributed by atoms with Gasteiger partial charge in [0.15, 0.2) is 0 Å². The average molecular weight is 309 g/mol. The molecule has 0 saturated carbocycles. The number of halogens is 1. The Balaban J connectivity index is 2.59. The Labute approximate surface area is 109 Å². The van der Waals surface area contributed by atoms with Gasteiger partial charge >= 0.3 is 0 Å². The fraction of sp³-hybridized carbons (Fsp3) is 0.273. The molecule has 2 aromatic heterocycles. The molecule has 2 aromatic rings. The second-order valence-corrected chi connectivity index (χ2v) is 10.4. The van der Waals surface area contributed by atoms with E-state index in [1.165, 1.54) is 0 Å². The van der Waals surface area contributed by atoms with E-state index < -0.39 is 8.07 Å². The van der Waals surface area contributed by atoms with Crippen LogP contribution in [0.3, 0.4) is 0 Å². The topological polar surface area (TPSA) is 56.2 Å². The summed E-state index contributed by atoms with van der Waals surface area (Å²) in [6, 6.07) is 1.94. The van der Waals surface area contributed by atoms with Crippen molar-refractivity contribution in [3.8, 4) is 11.5 Å². The fourth-order valence-corrected chi connectivity index (χ4v) is 2.33. The Morgan fingerprint density at radius 3 is 2.76 bits per heavy atom. The van der Waals surface area contributed by atoms with Crippen molar-refractivity contribution in [1.29, 1.82) is 0 Å². The van der Waals surface area contributed by atoms with Gasteiger partial charge in [0, 0.05) is 0 Å². The van der Waals surface area contributed by atoms with Crippen LogP contribution in [0.2, 0.25) is 19.6 Å². The minimum Gasteiger partial charge on any atom is -0.367 e. The van der Waals surface area contributed by atoms with E-state index >= 15 is 0 Å². The Bertz CT molecular complexity index is 630. The van der Waals surface area contributed by atoms with Crippen LogP contribution in [-0.2, 0) is 0 Å². The van der Waals surface area contributed by atoms with Crippen LogP contribution in [0.1, 0.15) is 5.56 Å². The van der Waals surface area contributed by atoms with Crippen LogP contribution in [-0.4, -0.2) is 22.7 Å². The van der Waals surface area contributed by atoms with Crippen LogP contribution in [0.25, 0.3) is 5.52 Å². The van der Waals surface area contributed by atoms with E-state index in [1.54, 1.807) is 10.7 Å². The molecule has 0 aliphatic heterocycles. The minimum absolute atomic E-state index is 0.249. The lowest BCUT2D eigenvalue weighted by atomic mass is 10.3. The minimum atomic E-state index is -1.38. The van der Waals surface area contributed by atoms with Crippen LogP contribution >= 0.6 is 15.9 Å². The summed E-state index contributed by atoms with van der Waals surface area (Å²) < 4.78 is 2.54. The number of nitrogen functional groups attached to an aromatic ring is 1. The lowest BCUT2D eigenvalue weighted by molar-refractivity contribution is 0.898. The molecule has 2 rings (SSSR count). The lowest BCUT2D eigenvalue weighted by Crippen LogP contribution is -2.16. The van der Waals surface area contributed by atoms with Gasteiger partial charge in [-0.1, -0.05) is 25.6 Å². The molecule has 0 aliphatic carbocycles. The first kappa shape index (κ1) is 12.1. The molecule has 0 unspecified atom stereocenters. The number of nitrogens with zero attached hydrogens (tertiary/aromatic N) is 3. The second-order valence-electron chi connectivity index (χ2n) is 4.79. The summed E-state index contributed by atoms with van der Waals surface area (Å²) in [6.45, 7) is 6.63. The molecule has 0 radical (unpaired) electrons. The number of hydrogen-bond donors (Lipinski definition) is 1. The molecule has 6 heteroatoms. The molecule has 17 heavy (non-hydrogen) atoms. The van der Waals surface area contributed by atoms with Crippen molar-refractivity contribution < 1.29 is 0 Å². The van der Waals surface area contributed by atoms with Crippen LogP contribution in [0, 0.1) is 11.5 Å². The Kier molecular flexibility index (Phi) is 2.97. The number of hydrogen-bond acceptors (Lipinski definition) is 3. The van der Waals surface area contributed by atoms with E-state index in [9.17, 15) is 0 Å². The molecule has 2 N–H and O–H groups in total. The molecule has 0 amide bonds. The monoisotopic (exact) mass is 308 g/mol. The number of rotatable bonds is 0. The van der Waals surface area contributed by atoms with Gasteiger partial charge in [0.2, 0.25) is 5.95 Å². The summed E-state index contributed by atoms with van der Waals surface area (Å²) in [4.78, 5) is 3.99. The molecule has 88 valence electrons. The highest BCUT2D eigenvalue weighted by Gasteiger charge is 2.10. The Hall–Kier alpha value is -1.32. The van der Waals surface area contributed by atoms with E-state index in [0.29, 0.717) is 0 Å². The zero-order valence-electron chi connectivity index (χ0n) is 9.95. The summed E-state index contributed by atoms with van der Waals surface area (Å²) in [7, 11) is -1.38. The zero-order valence-corrected chi connectivity index (χ0v) is 12.5. The molecule has 0 bridgehead atoms. The van der Waals surface area contributed by atoms with Crippen molar-refractivity contribution in [2.75, 3.05) is 5.73 Å².